The van der Waals surface area contributed by atoms with Crippen molar-refractivity contribution in [2.24, 2.45) is 0 Å². The first-order chi connectivity index (χ1) is 6.69. The highest BCUT2D eigenvalue weighted by Gasteiger charge is 2.04. The first kappa shape index (κ1) is 10.2. The lowest BCUT2D eigenvalue weighted by Gasteiger charge is -2.04. The Balaban J connectivity index is 3.04. The molecule has 0 saturated carbocycles. The van der Waals surface area contributed by atoms with Crippen LogP contribution in [0.4, 0.5) is 0 Å². The topological polar surface area (TPSA) is 48.3 Å². The van der Waals surface area contributed by atoms with Gasteiger partial charge in [-0.05, 0) is 12.1 Å². The molecule has 0 aliphatic carbocycles. The molecule has 0 spiro atoms. The van der Waals surface area contributed by atoms with Crippen LogP contribution in [0.15, 0.2) is 29.7 Å². The summed E-state index contributed by atoms with van der Waals surface area (Å²) in [6.45, 7) is 3.43. The lowest BCUT2D eigenvalue weighted by Crippen LogP contribution is -2.25. The molecule has 0 aliphatic rings. The summed E-state index contributed by atoms with van der Waals surface area (Å²) in [5, 5.41) is 0. The van der Waals surface area contributed by atoms with E-state index in [1.54, 1.807) is 12.1 Å². The monoisotopic (exact) mass is 193 g/mol. The standard InChI is InChI=1S/C10H11NO3/c1-3-8-5-4-6-11(10(8)13)7-9(12)14-2/h3-6H,1,7H2,2H3. The number of rotatable bonds is 3. The van der Waals surface area contributed by atoms with Gasteiger partial charge in [0.2, 0.25) is 0 Å². The Labute approximate surface area is 81.4 Å². The molecular formula is C10H11NO3. The fraction of sp³-hybridized carbons (Fsp3) is 0.200. The Bertz CT molecular complexity index is 406. The van der Waals surface area contributed by atoms with E-state index in [1.165, 1.54) is 23.9 Å². The first-order valence-corrected chi connectivity index (χ1v) is 4.07. The second-order valence-corrected chi connectivity index (χ2v) is 2.68. The molecule has 4 nitrogen and oxygen atoms in total. The van der Waals surface area contributed by atoms with Gasteiger partial charge in [-0.25, -0.2) is 0 Å². The molecule has 0 fully saturated rings. The average Bonchev–Trinajstić information content (AvgIpc) is 2.21. The second kappa shape index (κ2) is 4.41. The van der Waals surface area contributed by atoms with E-state index in [4.69, 9.17) is 0 Å². The van der Waals surface area contributed by atoms with Crippen LogP contribution in [0.25, 0.3) is 6.08 Å². The zero-order valence-corrected chi connectivity index (χ0v) is 7.90. The minimum atomic E-state index is -0.451. The molecule has 1 aromatic rings. The fourth-order valence-electron chi connectivity index (χ4n) is 1.04. The molecule has 0 atom stereocenters. The van der Waals surface area contributed by atoms with Gasteiger partial charge in [-0.2, -0.15) is 0 Å². The lowest BCUT2D eigenvalue weighted by atomic mass is 10.3. The number of hydrogen-bond donors (Lipinski definition) is 0. The van der Waals surface area contributed by atoms with Crippen molar-refractivity contribution in [3.05, 3.63) is 40.8 Å². The third-order valence-electron chi connectivity index (χ3n) is 1.80. The Morgan fingerprint density at radius 3 is 3.00 bits per heavy atom. The van der Waals surface area contributed by atoms with Crippen LogP contribution >= 0.6 is 0 Å². The van der Waals surface area contributed by atoms with Gasteiger partial charge in [-0.1, -0.05) is 12.7 Å². The van der Waals surface area contributed by atoms with Gasteiger partial charge in [-0.15, -0.1) is 0 Å². The van der Waals surface area contributed by atoms with Crippen molar-refractivity contribution in [2.75, 3.05) is 7.11 Å². The molecule has 74 valence electrons. The summed E-state index contributed by atoms with van der Waals surface area (Å²) in [4.78, 5) is 22.5. The maximum atomic E-state index is 11.5. The van der Waals surface area contributed by atoms with E-state index in [-0.39, 0.29) is 12.1 Å². The van der Waals surface area contributed by atoms with E-state index >= 15 is 0 Å². The van der Waals surface area contributed by atoms with Gasteiger partial charge < -0.3 is 9.30 Å². The smallest absolute Gasteiger partial charge is 0.325 e. The maximum absolute atomic E-state index is 11.5. The third kappa shape index (κ3) is 2.10. The predicted octanol–water partition coefficient (Wildman–Crippen LogP) is 0.664. The Morgan fingerprint density at radius 1 is 1.71 bits per heavy atom. The largest absolute Gasteiger partial charge is 0.468 e. The first-order valence-electron chi connectivity index (χ1n) is 4.07. The van der Waals surface area contributed by atoms with E-state index in [0.717, 1.165) is 0 Å². The highest BCUT2D eigenvalue weighted by atomic mass is 16.5. The second-order valence-electron chi connectivity index (χ2n) is 2.68. The van der Waals surface area contributed by atoms with Crippen molar-refractivity contribution in [2.45, 2.75) is 6.54 Å². The molecule has 0 unspecified atom stereocenters. The minimum Gasteiger partial charge on any atom is -0.468 e. The molecule has 0 amide bonds. The molecular weight excluding hydrogens is 182 g/mol. The minimum absolute atomic E-state index is 0.0724. The van der Waals surface area contributed by atoms with Crippen LogP contribution in [0.3, 0.4) is 0 Å². The van der Waals surface area contributed by atoms with Crippen molar-refractivity contribution in [1.29, 1.82) is 0 Å². The Kier molecular flexibility index (Phi) is 3.23. The summed E-state index contributed by atoms with van der Waals surface area (Å²) in [6.07, 6.45) is 2.99. The lowest BCUT2D eigenvalue weighted by molar-refractivity contribution is -0.141. The van der Waals surface area contributed by atoms with Gasteiger partial charge in [0.15, 0.2) is 0 Å². The quantitative estimate of drug-likeness (QED) is 0.663. The molecule has 0 saturated heterocycles. The number of methoxy groups -OCH3 is 1. The molecule has 0 bridgehead atoms. The predicted molar refractivity (Wildman–Crippen MR) is 52.8 cm³/mol. The van der Waals surface area contributed by atoms with Crippen LogP contribution in [0, 0.1) is 0 Å². The number of pyridine rings is 1. The molecule has 0 aromatic carbocycles. The highest BCUT2D eigenvalue weighted by molar-refractivity contribution is 5.69. The third-order valence-corrected chi connectivity index (χ3v) is 1.80. The Morgan fingerprint density at radius 2 is 2.43 bits per heavy atom. The molecule has 14 heavy (non-hydrogen) atoms. The SMILES string of the molecule is C=Cc1cccn(CC(=O)OC)c1=O. The van der Waals surface area contributed by atoms with Crippen molar-refractivity contribution < 1.29 is 9.53 Å². The summed E-state index contributed by atoms with van der Waals surface area (Å²) in [6, 6.07) is 3.32. The van der Waals surface area contributed by atoms with Crippen LogP contribution < -0.4 is 5.56 Å². The van der Waals surface area contributed by atoms with Crippen molar-refractivity contribution >= 4 is 12.0 Å². The number of aromatic nitrogens is 1. The van der Waals surface area contributed by atoms with E-state index in [1.807, 2.05) is 0 Å². The number of esters is 1. The van der Waals surface area contributed by atoms with Crippen molar-refractivity contribution in [3.63, 3.8) is 0 Å². The summed E-state index contributed by atoms with van der Waals surface area (Å²) in [7, 11) is 1.28. The van der Waals surface area contributed by atoms with Crippen molar-refractivity contribution in [1.82, 2.24) is 4.57 Å². The molecule has 4 heteroatoms. The van der Waals surface area contributed by atoms with Gasteiger partial charge in [-0.3, -0.25) is 9.59 Å². The molecule has 0 radical (unpaired) electrons. The zero-order chi connectivity index (χ0) is 10.6. The Hall–Kier alpha value is -1.84. The molecule has 1 heterocycles. The summed E-state index contributed by atoms with van der Waals surface area (Å²) in [5.41, 5.74) is 0.226. The number of carbonyl (C=O) groups is 1. The zero-order valence-electron chi connectivity index (χ0n) is 7.90. The normalized spacial score (nSPS) is 9.50. The van der Waals surface area contributed by atoms with Crippen LogP contribution in [-0.2, 0) is 16.1 Å². The van der Waals surface area contributed by atoms with E-state index < -0.39 is 5.97 Å². The molecule has 0 N–H and O–H groups in total. The molecule has 1 rings (SSSR count). The van der Waals surface area contributed by atoms with Gasteiger partial charge in [0.25, 0.3) is 5.56 Å². The van der Waals surface area contributed by atoms with Crippen LogP contribution in [-0.4, -0.2) is 17.6 Å². The van der Waals surface area contributed by atoms with Gasteiger partial charge >= 0.3 is 5.97 Å². The maximum Gasteiger partial charge on any atom is 0.325 e. The number of ether oxygens (including phenoxy) is 1. The van der Waals surface area contributed by atoms with E-state index in [0.29, 0.717) is 5.56 Å². The van der Waals surface area contributed by atoms with Gasteiger partial charge in [0.05, 0.1) is 7.11 Å². The van der Waals surface area contributed by atoms with Gasteiger partial charge in [0, 0.05) is 11.8 Å². The fourth-order valence-corrected chi connectivity index (χ4v) is 1.04. The molecule has 1 aromatic heterocycles. The van der Waals surface area contributed by atoms with Crippen LogP contribution in [0.2, 0.25) is 0 Å². The van der Waals surface area contributed by atoms with Gasteiger partial charge in [0.1, 0.15) is 6.54 Å². The number of hydrogen-bond acceptors (Lipinski definition) is 3. The summed E-state index contributed by atoms with van der Waals surface area (Å²) in [5.74, 6) is -0.451. The number of nitrogens with zero attached hydrogens (tertiary/aromatic N) is 1. The van der Waals surface area contributed by atoms with Crippen LogP contribution in [0.5, 0.6) is 0 Å². The highest BCUT2D eigenvalue weighted by Crippen LogP contribution is 1.93. The summed E-state index contributed by atoms with van der Waals surface area (Å²) < 4.78 is 5.74. The summed E-state index contributed by atoms with van der Waals surface area (Å²) >= 11 is 0. The van der Waals surface area contributed by atoms with Crippen molar-refractivity contribution in [3.8, 4) is 0 Å². The van der Waals surface area contributed by atoms with E-state index in [9.17, 15) is 9.59 Å². The average molecular weight is 193 g/mol. The van der Waals surface area contributed by atoms with Crippen LogP contribution in [0.1, 0.15) is 5.56 Å². The molecule has 0 aliphatic heterocycles. The number of carbonyl (C=O) groups excluding carboxylic acids is 1. The van der Waals surface area contributed by atoms with E-state index in [2.05, 4.69) is 11.3 Å².